The molecule has 1 fully saturated rings. The second kappa shape index (κ2) is 8.11. The fraction of sp³-hybridized carbons (Fsp3) is 0.381. The quantitative estimate of drug-likeness (QED) is 0.847. The summed E-state index contributed by atoms with van der Waals surface area (Å²) in [6, 6.07) is 17.2. The Morgan fingerprint density at radius 3 is 2.08 bits per heavy atom. The van der Waals surface area contributed by atoms with E-state index in [1.54, 1.807) is 0 Å². The van der Waals surface area contributed by atoms with Crippen LogP contribution in [0.1, 0.15) is 42.7 Å². The van der Waals surface area contributed by atoms with Gasteiger partial charge >= 0.3 is 6.09 Å². The Balaban J connectivity index is 0.00000196. The average molecular weight is 373 g/mol. The average Bonchev–Trinajstić information content (AvgIpc) is 2.96. The van der Waals surface area contributed by atoms with Crippen molar-refractivity contribution in [3.05, 3.63) is 59.7 Å². The number of halogens is 1. The summed E-state index contributed by atoms with van der Waals surface area (Å²) >= 11 is 0. The van der Waals surface area contributed by atoms with Crippen molar-refractivity contribution in [1.82, 2.24) is 5.32 Å². The maximum absolute atomic E-state index is 12.2. The number of rotatable bonds is 3. The maximum Gasteiger partial charge on any atom is 0.407 e. The number of amides is 1. The Bertz CT molecular complexity index is 727. The Kier molecular flexibility index (Phi) is 5.84. The number of fused-ring (bicyclic) bond motifs is 3. The highest BCUT2D eigenvalue weighted by molar-refractivity contribution is 5.85. The maximum atomic E-state index is 12.2. The molecule has 1 amide bonds. The monoisotopic (exact) mass is 372 g/mol. The highest BCUT2D eigenvalue weighted by Gasteiger charge is 2.29. The normalized spacial score (nSPS) is 21.3. The van der Waals surface area contributed by atoms with E-state index in [-0.39, 0.29) is 36.5 Å². The van der Waals surface area contributed by atoms with Crippen LogP contribution in [0.3, 0.4) is 0 Å². The number of hydrogen-bond donors (Lipinski definition) is 2. The number of nitrogens with one attached hydrogen (secondary N) is 1. The minimum atomic E-state index is -0.317. The summed E-state index contributed by atoms with van der Waals surface area (Å²) < 4.78 is 5.59. The van der Waals surface area contributed by atoms with Gasteiger partial charge in [-0.15, -0.1) is 12.4 Å². The third-order valence-corrected chi connectivity index (χ3v) is 5.44. The summed E-state index contributed by atoms with van der Waals surface area (Å²) in [5.41, 5.74) is 10.9. The van der Waals surface area contributed by atoms with Crippen LogP contribution in [0.2, 0.25) is 0 Å². The zero-order chi connectivity index (χ0) is 17.2. The summed E-state index contributed by atoms with van der Waals surface area (Å²) in [6.45, 7) is 0.367. The van der Waals surface area contributed by atoms with Gasteiger partial charge in [-0.1, -0.05) is 48.5 Å². The Morgan fingerprint density at radius 1 is 0.962 bits per heavy atom. The molecule has 0 spiro atoms. The summed E-state index contributed by atoms with van der Waals surface area (Å²) in [5, 5.41) is 2.99. The van der Waals surface area contributed by atoms with Crippen LogP contribution in [0.4, 0.5) is 4.79 Å². The van der Waals surface area contributed by atoms with Crippen LogP contribution in [0.25, 0.3) is 11.1 Å². The van der Waals surface area contributed by atoms with Crippen molar-refractivity contribution in [3.8, 4) is 11.1 Å². The summed E-state index contributed by atoms with van der Waals surface area (Å²) in [5.74, 6) is 0.109. The predicted molar refractivity (Wildman–Crippen MR) is 106 cm³/mol. The number of hydrogen-bond acceptors (Lipinski definition) is 3. The van der Waals surface area contributed by atoms with Gasteiger partial charge in [0.05, 0.1) is 0 Å². The molecule has 1 saturated carbocycles. The van der Waals surface area contributed by atoms with E-state index in [0.29, 0.717) is 6.61 Å². The second-order valence-corrected chi connectivity index (χ2v) is 7.08. The number of carbonyl (C=O) groups excluding carboxylic acids is 1. The largest absolute Gasteiger partial charge is 0.449 e. The molecule has 2 aromatic rings. The molecular formula is C21H25ClN2O2. The number of benzene rings is 2. The third-order valence-electron chi connectivity index (χ3n) is 5.44. The smallest absolute Gasteiger partial charge is 0.407 e. The van der Waals surface area contributed by atoms with E-state index in [4.69, 9.17) is 10.5 Å². The molecule has 0 atom stereocenters. The highest BCUT2D eigenvalue weighted by Crippen LogP contribution is 2.44. The molecule has 4 nitrogen and oxygen atoms in total. The van der Waals surface area contributed by atoms with Crippen molar-refractivity contribution in [3.63, 3.8) is 0 Å². The molecule has 0 aromatic heterocycles. The van der Waals surface area contributed by atoms with Gasteiger partial charge in [0.15, 0.2) is 0 Å². The predicted octanol–water partition coefficient (Wildman–Crippen LogP) is 4.22. The van der Waals surface area contributed by atoms with Crippen LogP contribution in [0, 0.1) is 0 Å². The SMILES string of the molecule is Cl.NC1CCC(NC(=O)OCC2c3ccccc3-c3ccccc32)CC1. The molecule has 0 heterocycles. The van der Waals surface area contributed by atoms with Gasteiger partial charge in [0.2, 0.25) is 0 Å². The van der Waals surface area contributed by atoms with Gasteiger partial charge in [0.25, 0.3) is 0 Å². The van der Waals surface area contributed by atoms with Crippen molar-refractivity contribution in [2.45, 2.75) is 43.7 Å². The minimum absolute atomic E-state index is 0. The van der Waals surface area contributed by atoms with Gasteiger partial charge in [-0.3, -0.25) is 0 Å². The molecule has 0 bridgehead atoms. The van der Waals surface area contributed by atoms with Gasteiger partial charge in [-0.2, -0.15) is 0 Å². The summed E-state index contributed by atoms with van der Waals surface area (Å²) in [7, 11) is 0. The first-order chi connectivity index (χ1) is 12.2. The van der Waals surface area contributed by atoms with E-state index < -0.39 is 0 Å². The molecule has 2 aliphatic rings. The Morgan fingerprint density at radius 2 is 1.50 bits per heavy atom. The van der Waals surface area contributed by atoms with E-state index in [0.717, 1.165) is 25.7 Å². The first kappa shape index (κ1) is 18.7. The van der Waals surface area contributed by atoms with E-state index in [1.165, 1.54) is 22.3 Å². The van der Waals surface area contributed by atoms with Crippen molar-refractivity contribution >= 4 is 18.5 Å². The van der Waals surface area contributed by atoms with Gasteiger partial charge in [-0.05, 0) is 47.9 Å². The molecule has 0 saturated heterocycles. The van der Waals surface area contributed by atoms with Crippen molar-refractivity contribution < 1.29 is 9.53 Å². The fourth-order valence-electron chi connectivity index (χ4n) is 4.07. The molecule has 2 aliphatic carbocycles. The number of alkyl carbamates (subject to hydrolysis) is 1. The lowest BCUT2D eigenvalue weighted by molar-refractivity contribution is 0.136. The molecule has 26 heavy (non-hydrogen) atoms. The molecule has 0 aliphatic heterocycles. The number of ether oxygens (including phenoxy) is 1. The van der Waals surface area contributed by atoms with E-state index in [9.17, 15) is 4.79 Å². The van der Waals surface area contributed by atoms with Crippen LogP contribution < -0.4 is 11.1 Å². The topological polar surface area (TPSA) is 64.3 Å². The Labute approximate surface area is 160 Å². The lowest BCUT2D eigenvalue weighted by Gasteiger charge is -2.26. The lowest BCUT2D eigenvalue weighted by Crippen LogP contribution is -2.41. The van der Waals surface area contributed by atoms with Crippen molar-refractivity contribution in [2.75, 3.05) is 6.61 Å². The first-order valence-electron chi connectivity index (χ1n) is 9.09. The number of carbonyl (C=O) groups is 1. The van der Waals surface area contributed by atoms with Crippen molar-refractivity contribution in [2.24, 2.45) is 5.73 Å². The molecule has 2 aromatic carbocycles. The molecule has 0 radical (unpaired) electrons. The van der Waals surface area contributed by atoms with E-state index in [1.807, 2.05) is 12.1 Å². The third kappa shape index (κ3) is 3.71. The standard InChI is InChI=1S/C21H24N2O2.ClH/c22-14-9-11-15(12-10-14)23-21(24)25-13-20-18-7-3-1-5-16(18)17-6-2-4-8-19(17)20;/h1-8,14-15,20H,9-13,22H2,(H,23,24);1H. The van der Waals surface area contributed by atoms with Gasteiger partial charge in [0.1, 0.15) is 6.61 Å². The minimum Gasteiger partial charge on any atom is -0.449 e. The Hall–Kier alpha value is -2.04. The van der Waals surface area contributed by atoms with Crippen LogP contribution >= 0.6 is 12.4 Å². The van der Waals surface area contributed by atoms with Crippen LogP contribution in [0.5, 0.6) is 0 Å². The fourth-order valence-corrected chi connectivity index (χ4v) is 4.07. The van der Waals surface area contributed by atoms with Gasteiger partial charge in [0, 0.05) is 18.0 Å². The van der Waals surface area contributed by atoms with Crippen LogP contribution in [-0.4, -0.2) is 24.8 Å². The molecule has 138 valence electrons. The highest BCUT2D eigenvalue weighted by atomic mass is 35.5. The van der Waals surface area contributed by atoms with Gasteiger partial charge in [-0.25, -0.2) is 4.79 Å². The molecule has 4 rings (SSSR count). The molecular weight excluding hydrogens is 348 g/mol. The summed E-state index contributed by atoms with van der Waals surface area (Å²) in [4.78, 5) is 12.2. The molecule has 5 heteroatoms. The zero-order valence-electron chi connectivity index (χ0n) is 14.7. The zero-order valence-corrected chi connectivity index (χ0v) is 15.5. The van der Waals surface area contributed by atoms with E-state index in [2.05, 4.69) is 41.7 Å². The number of nitrogens with two attached hydrogens (primary N) is 1. The van der Waals surface area contributed by atoms with Crippen molar-refractivity contribution in [1.29, 1.82) is 0 Å². The lowest BCUT2D eigenvalue weighted by atomic mass is 9.92. The van der Waals surface area contributed by atoms with E-state index >= 15 is 0 Å². The molecule has 0 unspecified atom stereocenters. The van der Waals surface area contributed by atoms with Crippen LogP contribution in [-0.2, 0) is 4.74 Å². The molecule has 3 N–H and O–H groups in total. The van der Waals surface area contributed by atoms with Crippen LogP contribution in [0.15, 0.2) is 48.5 Å². The first-order valence-corrected chi connectivity index (χ1v) is 9.09. The summed E-state index contributed by atoms with van der Waals surface area (Å²) in [6.07, 6.45) is 3.49. The van der Waals surface area contributed by atoms with Gasteiger partial charge < -0.3 is 15.8 Å². The second-order valence-electron chi connectivity index (χ2n) is 7.08.